The Morgan fingerprint density at radius 2 is 1.69 bits per heavy atom. The number of hydrogen-bond donors (Lipinski definition) is 4. The first-order chi connectivity index (χ1) is 15.0. The van der Waals surface area contributed by atoms with Crippen molar-refractivity contribution in [1.29, 1.82) is 0 Å². The minimum atomic E-state index is -1.10. The van der Waals surface area contributed by atoms with Crippen molar-refractivity contribution in [3.05, 3.63) is 0 Å². The maximum Gasteiger partial charge on any atom is 0.326 e. The van der Waals surface area contributed by atoms with Crippen LogP contribution in [0.3, 0.4) is 0 Å². The van der Waals surface area contributed by atoms with E-state index in [0.29, 0.717) is 44.4 Å². The molecule has 0 aliphatic carbocycles. The van der Waals surface area contributed by atoms with E-state index in [1.807, 2.05) is 34.0 Å². The Balaban J connectivity index is 2.88. The van der Waals surface area contributed by atoms with Crippen LogP contribution in [-0.4, -0.2) is 76.4 Å². The summed E-state index contributed by atoms with van der Waals surface area (Å²) in [6, 6.07) is -3.22. The third-order valence-electron chi connectivity index (χ3n) is 5.45. The van der Waals surface area contributed by atoms with Crippen molar-refractivity contribution in [3.8, 4) is 0 Å². The quantitative estimate of drug-likeness (QED) is 0.315. The SMILES string of the molecule is CSCCC(NC(=O)C1CCCN1C(=O)C(N)CC(C)C)C(=O)NC(CC(C)C)C(=O)O. The number of hydrogen-bond acceptors (Lipinski definition) is 6. The summed E-state index contributed by atoms with van der Waals surface area (Å²) < 4.78 is 0. The zero-order chi connectivity index (χ0) is 24.4. The molecular formula is C22H40N4O5S. The summed E-state index contributed by atoms with van der Waals surface area (Å²) in [5, 5.41) is 14.8. The van der Waals surface area contributed by atoms with Gasteiger partial charge in [0.15, 0.2) is 0 Å². The first kappa shape index (κ1) is 28.2. The lowest BCUT2D eigenvalue weighted by molar-refractivity contribution is -0.143. The van der Waals surface area contributed by atoms with Gasteiger partial charge in [-0.05, 0) is 55.9 Å². The van der Waals surface area contributed by atoms with E-state index in [4.69, 9.17) is 5.73 Å². The van der Waals surface area contributed by atoms with Crippen molar-refractivity contribution in [2.75, 3.05) is 18.6 Å². The molecule has 0 aromatic heterocycles. The maximum atomic E-state index is 13.0. The molecule has 10 heteroatoms. The summed E-state index contributed by atoms with van der Waals surface area (Å²) in [6.45, 7) is 8.19. The molecule has 1 heterocycles. The van der Waals surface area contributed by atoms with Crippen LogP contribution in [0.1, 0.15) is 59.8 Å². The summed E-state index contributed by atoms with van der Waals surface area (Å²) in [5.74, 6) is -1.30. The van der Waals surface area contributed by atoms with E-state index < -0.39 is 42.0 Å². The number of carbonyl (C=O) groups excluding carboxylic acids is 3. The molecule has 1 aliphatic rings. The van der Waals surface area contributed by atoms with E-state index >= 15 is 0 Å². The normalized spacial score (nSPS) is 19.0. The van der Waals surface area contributed by atoms with Crippen molar-refractivity contribution < 1.29 is 24.3 Å². The number of likely N-dealkylation sites (tertiary alicyclic amines) is 1. The minimum Gasteiger partial charge on any atom is -0.480 e. The monoisotopic (exact) mass is 472 g/mol. The van der Waals surface area contributed by atoms with Crippen LogP contribution >= 0.6 is 11.8 Å². The lowest BCUT2D eigenvalue weighted by atomic mass is 10.0. The van der Waals surface area contributed by atoms with Gasteiger partial charge in [0.1, 0.15) is 18.1 Å². The fourth-order valence-corrected chi connectivity index (χ4v) is 4.33. The van der Waals surface area contributed by atoms with Crippen LogP contribution in [-0.2, 0) is 19.2 Å². The van der Waals surface area contributed by atoms with Gasteiger partial charge in [-0.25, -0.2) is 4.79 Å². The first-order valence-corrected chi connectivity index (χ1v) is 12.8. The molecule has 0 aromatic carbocycles. The molecule has 0 aromatic rings. The second-order valence-electron chi connectivity index (χ2n) is 9.30. The zero-order valence-electron chi connectivity index (χ0n) is 19.9. The number of aliphatic carboxylic acids is 1. The molecule has 4 unspecified atom stereocenters. The second-order valence-corrected chi connectivity index (χ2v) is 10.3. The number of carboxylic acid groups (broad SMARTS) is 1. The second kappa shape index (κ2) is 13.7. The standard InChI is InChI=1S/C22H40N4O5S/c1-13(2)11-15(23)21(29)26-9-6-7-18(26)20(28)24-16(8-10-32-5)19(27)25-17(22(30)31)12-14(3)4/h13-18H,6-12,23H2,1-5H3,(H,24,28)(H,25,27)(H,30,31). The van der Waals surface area contributed by atoms with Gasteiger partial charge in [0.05, 0.1) is 6.04 Å². The molecule has 32 heavy (non-hydrogen) atoms. The fourth-order valence-electron chi connectivity index (χ4n) is 3.86. The lowest BCUT2D eigenvalue weighted by Gasteiger charge is -2.29. The highest BCUT2D eigenvalue weighted by atomic mass is 32.2. The molecule has 0 saturated carbocycles. The van der Waals surface area contributed by atoms with Gasteiger partial charge in [0, 0.05) is 6.54 Å². The summed E-state index contributed by atoms with van der Waals surface area (Å²) >= 11 is 1.53. The molecule has 4 atom stereocenters. The summed E-state index contributed by atoms with van der Waals surface area (Å²) in [7, 11) is 0. The highest BCUT2D eigenvalue weighted by Gasteiger charge is 2.38. The predicted octanol–water partition coefficient (Wildman–Crippen LogP) is 1.20. The van der Waals surface area contributed by atoms with E-state index in [1.165, 1.54) is 16.7 Å². The Hall–Kier alpha value is -1.81. The van der Waals surface area contributed by atoms with Gasteiger partial charge in [-0.2, -0.15) is 11.8 Å². The smallest absolute Gasteiger partial charge is 0.326 e. The molecular weight excluding hydrogens is 432 g/mol. The third kappa shape index (κ3) is 8.97. The van der Waals surface area contributed by atoms with Crippen molar-refractivity contribution in [2.45, 2.75) is 84.0 Å². The summed E-state index contributed by atoms with van der Waals surface area (Å²) in [5.41, 5.74) is 6.05. The van der Waals surface area contributed by atoms with Gasteiger partial charge in [-0.1, -0.05) is 27.7 Å². The van der Waals surface area contributed by atoms with Crippen molar-refractivity contribution in [1.82, 2.24) is 15.5 Å². The molecule has 0 spiro atoms. The lowest BCUT2D eigenvalue weighted by Crippen LogP contribution is -2.56. The van der Waals surface area contributed by atoms with Gasteiger partial charge < -0.3 is 26.4 Å². The summed E-state index contributed by atoms with van der Waals surface area (Å²) in [4.78, 5) is 51.7. The molecule has 0 radical (unpaired) electrons. The Kier molecular flexibility index (Phi) is 12.1. The molecule has 184 valence electrons. The van der Waals surface area contributed by atoms with Crippen molar-refractivity contribution in [2.24, 2.45) is 17.6 Å². The van der Waals surface area contributed by atoms with Gasteiger partial charge in [0.2, 0.25) is 17.7 Å². The molecule has 3 amide bonds. The van der Waals surface area contributed by atoms with Crippen LogP contribution in [0.4, 0.5) is 0 Å². The van der Waals surface area contributed by atoms with E-state index in [2.05, 4.69) is 10.6 Å². The van der Waals surface area contributed by atoms with Crippen LogP contribution in [0.25, 0.3) is 0 Å². The summed E-state index contributed by atoms with van der Waals surface area (Å²) in [6.07, 6.45) is 4.28. The number of nitrogens with two attached hydrogens (primary N) is 1. The number of carboxylic acids is 1. The molecule has 5 N–H and O–H groups in total. The first-order valence-electron chi connectivity index (χ1n) is 11.4. The highest BCUT2D eigenvalue weighted by molar-refractivity contribution is 7.98. The fraction of sp³-hybridized carbons (Fsp3) is 0.818. The molecule has 1 aliphatic heterocycles. The van der Waals surface area contributed by atoms with Gasteiger partial charge >= 0.3 is 5.97 Å². The van der Waals surface area contributed by atoms with E-state index in [-0.39, 0.29) is 17.7 Å². The number of amides is 3. The van der Waals surface area contributed by atoms with Crippen molar-refractivity contribution >= 4 is 35.5 Å². The van der Waals surface area contributed by atoms with E-state index in [9.17, 15) is 24.3 Å². The van der Waals surface area contributed by atoms with Crippen LogP contribution < -0.4 is 16.4 Å². The molecule has 9 nitrogen and oxygen atoms in total. The topological polar surface area (TPSA) is 142 Å². The molecule has 1 rings (SSSR count). The predicted molar refractivity (Wildman–Crippen MR) is 126 cm³/mol. The number of nitrogens with zero attached hydrogens (tertiary/aromatic N) is 1. The highest BCUT2D eigenvalue weighted by Crippen LogP contribution is 2.20. The van der Waals surface area contributed by atoms with Crippen molar-refractivity contribution in [3.63, 3.8) is 0 Å². The number of nitrogens with one attached hydrogen (secondary N) is 2. The minimum absolute atomic E-state index is 0.0868. The maximum absolute atomic E-state index is 13.0. The van der Waals surface area contributed by atoms with E-state index in [1.54, 1.807) is 0 Å². The molecule has 1 saturated heterocycles. The van der Waals surface area contributed by atoms with Crippen LogP contribution in [0.2, 0.25) is 0 Å². The Labute approximate surface area is 195 Å². The Morgan fingerprint density at radius 1 is 1.06 bits per heavy atom. The number of rotatable bonds is 13. The number of carbonyl (C=O) groups is 4. The Morgan fingerprint density at radius 3 is 2.22 bits per heavy atom. The average Bonchev–Trinajstić information content (AvgIpc) is 3.18. The molecule has 1 fully saturated rings. The van der Waals surface area contributed by atoms with Gasteiger partial charge in [0.25, 0.3) is 0 Å². The largest absolute Gasteiger partial charge is 0.480 e. The molecule has 0 bridgehead atoms. The Bertz CT molecular complexity index is 658. The van der Waals surface area contributed by atoms with E-state index in [0.717, 1.165) is 0 Å². The average molecular weight is 473 g/mol. The number of thioether (sulfide) groups is 1. The van der Waals surface area contributed by atoms with Crippen LogP contribution in [0.15, 0.2) is 0 Å². The van der Waals surface area contributed by atoms with Crippen LogP contribution in [0, 0.1) is 11.8 Å². The van der Waals surface area contributed by atoms with Gasteiger partial charge in [-0.15, -0.1) is 0 Å². The third-order valence-corrected chi connectivity index (χ3v) is 6.09. The van der Waals surface area contributed by atoms with Crippen LogP contribution in [0.5, 0.6) is 0 Å². The van der Waals surface area contributed by atoms with Gasteiger partial charge in [-0.3, -0.25) is 14.4 Å². The zero-order valence-corrected chi connectivity index (χ0v) is 20.7.